The average Bonchev–Trinajstić information content (AvgIpc) is 2.75. The largest absolute Gasteiger partial charge is 0.295 e. The lowest BCUT2D eigenvalue weighted by Gasteiger charge is -2.28. The van der Waals surface area contributed by atoms with Gasteiger partial charge in [-0.15, -0.1) is 11.3 Å². The minimum Gasteiger partial charge on any atom is -0.295 e. The van der Waals surface area contributed by atoms with Crippen LogP contribution in [0.1, 0.15) is 32.4 Å². The van der Waals surface area contributed by atoms with Gasteiger partial charge in [-0.25, -0.2) is 22.0 Å². The third-order valence-corrected chi connectivity index (χ3v) is 8.41. The summed E-state index contributed by atoms with van der Waals surface area (Å²) in [6.45, 7) is 7.25. The monoisotopic (exact) mass is 352 g/mol. The summed E-state index contributed by atoms with van der Waals surface area (Å²) in [7, 11) is -7.35. The molecule has 9 heteroatoms. The SMILES string of the molecule is CC(C)CN1CCS(=O)(=O)c2sc(S(N)(=O)=O)cc2C1C. The highest BCUT2D eigenvalue weighted by Gasteiger charge is 2.34. The van der Waals surface area contributed by atoms with Crippen molar-refractivity contribution in [1.29, 1.82) is 0 Å². The lowest BCUT2D eigenvalue weighted by atomic mass is 10.1. The van der Waals surface area contributed by atoms with Crippen LogP contribution in [0.3, 0.4) is 0 Å². The lowest BCUT2D eigenvalue weighted by Crippen LogP contribution is -2.32. The fraction of sp³-hybridized carbons (Fsp3) is 0.667. The quantitative estimate of drug-likeness (QED) is 0.881. The van der Waals surface area contributed by atoms with Gasteiger partial charge in [0.25, 0.3) is 0 Å². The first-order chi connectivity index (χ1) is 9.52. The van der Waals surface area contributed by atoms with E-state index >= 15 is 0 Å². The standard InChI is InChI=1S/C12H20N2O4S3/c1-8(2)7-14-4-5-20(15,16)12-10(9(14)3)6-11(19-12)21(13,17)18/h6,8-9H,4-5,7H2,1-3H3,(H2,13,17,18). The fourth-order valence-corrected chi connectivity index (χ4v) is 6.64. The number of hydrogen-bond acceptors (Lipinski definition) is 6. The number of fused-ring (bicyclic) bond motifs is 1. The third kappa shape index (κ3) is 3.48. The van der Waals surface area contributed by atoms with Crippen LogP contribution in [0.5, 0.6) is 0 Å². The smallest absolute Gasteiger partial charge is 0.247 e. The van der Waals surface area contributed by atoms with Crippen molar-refractivity contribution in [3.05, 3.63) is 11.6 Å². The number of sulfonamides is 1. The van der Waals surface area contributed by atoms with E-state index in [4.69, 9.17) is 5.14 Å². The molecule has 1 unspecified atom stereocenters. The number of nitrogens with zero attached hydrogens (tertiary/aromatic N) is 1. The van der Waals surface area contributed by atoms with Gasteiger partial charge < -0.3 is 0 Å². The zero-order valence-corrected chi connectivity index (χ0v) is 14.7. The molecule has 0 fully saturated rings. The summed E-state index contributed by atoms with van der Waals surface area (Å²) in [6.07, 6.45) is 0. The van der Waals surface area contributed by atoms with Crippen molar-refractivity contribution in [2.75, 3.05) is 18.8 Å². The highest BCUT2D eigenvalue weighted by atomic mass is 32.3. The molecule has 0 spiro atoms. The van der Waals surface area contributed by atoms with Gasteiger partial charge in [0.15, 0.2) is 9.84 Å². The lowest BCUT2D eigenvalue weighted by molar-refractivity contribution is 0.199. The van der Waals surface area contributed by atoms with Crippen LogP contribution in [0, 0.1) is 5.92 Å². The molecule has 0 aromatic carbocycles. The van der Waals surface area contributed by atoms with Gasteiger partial charge in [-0.05, 0) is 24.5 Å². The van der Waals surface area contributed by atoms with E-state index in [2.05, 4.69) is 18.7 Å². The van der Waals surface area contributed by atoms with Crippen LogP contribution in [-0.2, 0) is 19.9 Å². The Balaban J connectivity index is 2.56. The van der Waals surface area contributed by atoms with Crippen molar-refractivity contribution in [3.63, 3.8) is 0 Å². The molecular formula is C12H20N2O4S3. The maximum Gasteiger partial charge on any atom is 0.247 e. The molecule has 120 valence electrons. The van der Waals surface area contributed by atoms with E-state index in [-0.39, 0.29) is 20.2 Å². The van der Waals surface area contributed by atoms with Crippen LogP contribution in [0.4, 0.5) is 0 Å². The molecule has 1 atom stereocenters. The average molecular weight is 353 g/mol. The number of sulfone groups is 1. The maximum absolute atomic E-state index is 12.4. The Bertz CT molecular complexity index is 735. The van der Waals surface area contributed by atoms with Crippen LogP contribution in [-0.4, -0.2) is 40.6 Å². The number of thiophene rings is 1. The summed E-state index contributed by atoms with van der Waals surface area (Å²) in [4.78, 5) is 2.08. The van der Waals surface area contributed by atoms with Gasteiger partial charge in [0, 0.05) is 19.1 Å². The second-order valence-electron chi connectivity index (χ2n) is 5.74. The van der Waals surface area contributed by atoms with Crippen molar-refractivity contribution in [1.82, 2.24) is 4.90 Å². The van der Waals surface area contributed by atoms with E-state index in [1.54, 1.807) is 0 Å². The zero-order valence-electron chi connectivity index (χ0n) is 12.2. The number of rotatable bonds is 3. The van der Waals surface area contributed by atoms with E-state index in [9.17, 15) is 16.8 Å². The second kappa shape index (κ2) is 5.62. The Morgan fingerprint density at radius 2 is 2.10 bits per heavy atom. The number of hydrogen-bond donors (Lipinski definition) is 1. The van der Waals surface area contributed by atoms with Crippen LogP contribution in [0.15, 0.2) is 14.5 Å². The molecule has 0 amide bonds. The molecule has 0 bridgehead atoms. The van der Waals surface area contributed by atoms with Crippen molar-refractivity contribution in [2.24, 2.45) is 11.1 Å². The molecule has 2 N–H and O–H groups in total. The molecule has 1 aromatic rings. The Hall–Kier alpha value is -0.480. The second-order valence-corrected chi connectivity index (χ2v) is 10.9. The van der Waals surface area contributed by atoms with Crippen molar-refractivity contribution < 1.29 is 16.8 Å². The third-order valence-electron chi connectivity index (χ3n) is 3.51. The molecule has 0 radical (unpaired) electrons. The van der Waals surface area contributed by atoms with Gasteiger partial charge in [-0.2, -0.15) is 0 Å². The maximum atomic E-state index is 12.4. The first-order valence-electron chi connectivity index (χ1n) is 6.65. The predicted molar refractivity (Wildman–Crippen MR) is 82.6 cm³/mol. The Morgan fingerprint density at radius 3 is 2.62 bits per heavy atom. The van der Waals surface area contributed by atoms with Gasteiger partial charge in [0.2, 0.25) is 10.0 Å². The van der Waals surface area contributed by atoms with Gasteiger partial charge in [0.1, 0.15) is 8.42 Å². The van der Waals surface area contributed by atoms with Gasteiger partial charge in [0.05, 0.1) is 5.75 Å². The molecular weight excluding hydrogens is 332 g/mol. The topological polar surface area (TPSA) is 97.5 Å². The molecule has 2 rings (SSSR count). The van der Waals surface area contributed by atoms with Crippen LogP contribution in [0.2, 0.25) is 0 Å². The molecule has 0 saturated carbocycles. The summed E-state index contributed by atoms with van der Waals surface area (Å²) in [6, 6.07) is 1.27. The molecule has 0 saturated heterocycles. The highest BCUT2D eigenvalue weighted by Crippen LogP contribution is 2.38. The van der Waals surface area contributed by atoms with Gasteiger partial charge in [-0.3, -0.25) is 4.90 Å². The van der Waals surface area contributed by atoms with E-state index in [1.165, 1.54) is 6.07 Å². The molecule has 0 aliphatic carbocycles. The molecule has 6 nitrogen and oxygen atoms in total. The minimum absolute atomic E-state index is 0.00162. The molecule has 21 heavy (non-hydrogen) atoms. The van der Waals surface area contributed by atoms with E-state index in [0.29, 0.717) is 18.0 Å². The summed E-state index contributed by atoms with van der Waals surface area (Å²) in [5.41, 5.74) is 0.544. The first-order valence-corrected chi connectivity index (χ1v) is 10.7. The molecule has 1 aliphatic heterocycles. The molecule has 2 heterocycles. The van der Waals surface area contributed by atoms with Crippen LogP contribution < -0.4 is 5.14 Å². The highest BCUT2D eigenvalue weighted by molar-refractivity contribution is 7.95. The van der Waals surface area contributed by atoms with Gasteiger partial charge >= 0.3 is 0 Å². The Morgan fingerprint density at radius 1 is 1.48 bits per heavy atom. The normalized spacial score (nSPS) is 23.0. The predicted octanol–water partition coefficient (Wildman–Crippen LogP) is 1.20. The van der Waals surface area contributed by atoms with Crippen LogP contribution in [0.25, 0.3) is 0 Å². The molecule has 1 aliphatic rings. The Kier molecular flexibility index (Phi) is 4.52. The zero-order chi connectivity index (χ0) is 16.0. The molecule has 1 aromatic heterocycles. The first kappa shape index (κ1) is 16.9. The van der Waals surface area contributed by atoms with Crippen molar-refractivity contribution in [2.45, 2.75) is 35.2 Å². The number of primary sulfonamides is 1. The van der Waals surface area contributed by atoms with E-state index in [0.717, 1.165) is 17.9 Å². The minimum atomic E-state index is -3.89. The van der Waals surface area contributed by atoms with Crippen LogP contribution >= 0.6 is 11.3 Å². The van der Waals surface area contributed by atoms with Crippen molar-refractivity contribution in [3.8, 4) is 0 Å². The number of nitrogens with two attached hydrogens (primary N) is 1. The van der Waals surface area contributed by atoms with Gasteiger partial charge in [-0.1, -0.05) is 13.8 Å². The summed E-state index contributed by atoms with van der Waals surface area (Å²) >= 11 is 0.760. The van der Waals surface area contributed by atoms with E-state index < -0.39 is 19.9 Å². The Labute approximate surface area is 129 Å². The summed E-state index contributed by atoms with van der Waals surface area (Å²) in [5.74, 6) is 0.398. The fourth-order valence-electron chi connectivity index (χ4n) is 2.48. The van der Waals surface area contributed by atoms with Crippen molar-refractivity contribution >= 4 is 31.2 Å². The summed E-state index contributed by atoms with van der Waals surface area (Å²) in [5, 5.41) is 5.13. The summed E-state index contributed by atoms with van der Waals surface area (Å²) < 4.78 is 47.8. The van der Waals surface area contributed by atoms with E-state index in [1.807, 2.05) is 6.92 Å².